The molecule has 0 saturated heterocycles. The van der Waals surface area contributed by atoms with Crippen molar-refractivity contribution in [3.63, 3.8) is 0 Å². The molecule has 2 rings (SSSR count). The Labute approximate surface area is 200 Å². The largest absolute Gasteiger partial charge is 0.494 e. The van der Waals surface area contributed by atoms with Crippen LogP contribution >= 0.6 is 0 Å². The Hall–Kier alpha value is -2.75. The maximum atomic E-state index is 12.4. The Morgan fingerprint density at radius 2 is 1.52 bits per heavy atom. The van der Waals surface area contributed by atoms with Gasteiger partial charge in [0.15, 0.2) is 0 Å². The van der Waals surface area contributed by atoms with Gasteiger partial charge in [0.05, 0.1) is 18.4 Å². The summed E-state index contributed by atoms with van der Waals surface area (Å²) in [5.41, 5.74) is 0.479. The van der Waals surface area contributed by atoms with Gasteiger partial charge in [0.1, 0.15) is 17.2 Å². The second kappa shape index (κ2) is 16.0. The van der Waals surface area contributed by atoms with E-state index < -0.39 is 5.97 Å². The van der Waals surface area contributed by atoms with Crippen molar-refractivity contribution in [1.82, 2.24) is 0 Å². The lowest BCUT2D eigenvalue weighted by atomic mass is 10.0. The standard InChI is InChI=1S/C29H40O4/c1-4-6-7-8-9-10-11-22-31-26-16-14-25(15-17-26)29(30)33-28-20-18-27(19-21-28)32-23-12-13-24(3)5-2/h11,14-22,24H,4-10,12-13,23H2,1-3H3. The number of ether oxygens (including phenoxy) is 3. The van der Waals surface area contributed by atoms with E-state index in [4.69, 9.17) is 14.2 Å². The molecule has 0 fully saturated rings. The molecule has 0 amide bonds. The number of allylic oxidation sites excluding steroid dienone is 1. The number of carbonyl (C=O) groups excluding carboxylic acids is 1. The van der Waals surface area contributed by atoms with Crippen LogP contribution in [-0.4, -0.2) is 12.6 Å². The zero-order valence-corrected chi connectivity index (χ0v) is 20.6. The van der Waals surface area contributed by atoms with E-state index in [9.17, 15) is 4.79 Å². The summed E-state index contributed by atoms with van der Waals surface area (Å²) >= 11 is 0. The minimum Gasteiger partial charge on any atom is -0.494 e. The van der Waals surface area contributed by atoms with Crippen LogP contribution < -0.4 is 14.2 Å². The molecule has 0 saturated carbocycles. The first kappa shape index (κ1) is 26.5. The normalized spacial score (nSPS) is 12.0. The molecule has 0 spiro atoms. The Kier molecular flexibility index (Phi) is 12.8. The van der Waals surface area contributed by atoms with Crippen LogP contribution in [-0.2, 0) is 0 Å². The van der Waals surface area contributed by atoms with Crippen LogP contribution in [0.3, 0.4) is 0 Å². The Morgan fingerprint density at radius 1 is 0.848 bits per heavy atom. The zero-order valence-electron chi connectivity index (χ0n) is 20.6. The van der Waals surface area contributed by atoms with Gasteiger partial charge < -0.3 is 14.2 Å². The summed E-state index contributed by atoms with van der Waals surface area (Å²) in [5.74, 6) is 2.32. The first-order chi connectivity index (χ1) is 16.1. The monoisotopic (exact) mass is 452 g/mol. The van der Waals surface area contributed by atoms with Gasteiger partial charge in [-0.25, -0.2) is 4.79 Å². The predicted octanol–water partition coefficient (Wildman–Crippen LogP) is 8.36. The van der Waals surface area contributed by atoms with Crippen LogP contribution in [0.1, 0.15) is 88.9 Å². The summed E-state index contributed by atoms with van der Waals surface area (Å²) in [6.45, 7) is 7.40. The van der Waals surface area contributed by atoms with Crippen LogP contribution in [0.2, 0.25) is 0 Å². The van der Waals surface area contributed by atoms with Gasteiger partial charge in [0.2, 0.25) is 0 Å². The molecule has 1 unspecified atom stereocenters. The third-order valence-corrected chi connectivity index (χ3v) is 5.71. The number of rotatable bonds is 16. The Bertz CT molecular complexity index is 809. The maximum Gasteiger partial charge on any atom is 0.343 e. The predicted molar refractivity (Wildman–Crippen MR) is 135 cm³/mol. The SMILES string of the molecule is CCCCCCCC=COc1ccc(C(=O)Oc2ccc(OCCCC(C)CC)cc2)cc1. The quantitative estimate of drug-likeness (QED) is 0.111. The molecular formula is C29H40O4. The molecule has 0 heterocycles. The molecule has 4 nitrogen and oxygen atoms in total. The Balaban J connectivity index is 1.71. The number of hydrogen-bond acceptors (Lipinski definition) is 4. The van der Waals surface area contributed by atoms with Crippen molar-refractivity contribution in [3.8, 4) is 17.2 Å². The number of carbonyl (C=O) groups is 1. The van der Waals surface area contributed by atoms with Crippen LogP contribution in [0.15, 0.2) is 60.9 Å². The fourth-order valence-electron chi connectivity index (χ4n) is 3.33. The van der Waals surface area contributed by atoms with E-state index >= 15 is 0 Å². The molecule has 0 bridgehead atoms. The van der Waals surface area contributed by atoms with E-state index in [0.717, 1.165) is 24.5 Å². The van der Waals surface area contributed by atoms with E-state index in [1.54, 1.807) is 42.7 Å². The number of unbranched alkanes of at least 4 members (excludes halogenated alkanes) is 5. The van der Waals surface area contributed by atoms with Crippen molar-refractivity contribution in [2.24, 2.45) is 5.92 Å². The fraction of sp³-hybridized carbons (Fsp3) is 0.483. The maximum absolute atomic E-state index is 12.4. The van der Waals surface area contributed by atoms with E-state index in [2.05, 4.69) is 20.8 Å². The van der Waals surface area contributed by atoms with Crippen molar-refractivity contribution in [2.45, 2.75) is 78.6 Å². The average Bonchev–Trinajstić information content (AvgIpc) is 2.84. The van der Waals surface area contributed by atoms with Gasteiger partial charge in [0.25, 0.3) is 0 Å². The average molecular weight is 453 g/mol. The summed E-state index contributed by atoms with van der Waals surface area (Å²) in [6, 6.07) is 14.2. The first-order valence-electron chi connectivity index (χ1n) is 12.5. The van der Waals surface area contributed by atoms with Crippen LogP contribution in [0, 0.1) is 5.92 Å². The second-order valence-electron chi connectivity index (χ2n) is 8.58. The molecule has 180 valence electrons. The summed E-state index contributed by atoms with van der Waals surface area (Å²) in [5, 5.41) is 0. The summed E-state index contributed by atoms with van der Waals surface area (Å²) in [6.07, 6.45) is 14.6. The van der Waals surface area contributed by atoms with Gasteiger partial charge in [-0.05, 0) is 86.2 Å². The molecule has 0 aliphatic heterocycles. The Morgan fingerprint density at radius 3 is 2.21 bits per heavy atom. The first-order valence-corrected chi connectivity index (χ1v) is 12.5. The molecular weight excluding hydrogens is 412 g/mol. The summed E-state index contributed by atoms with van der Waals surface area (Å²) in [7, 11) is 0. The lowest BCUT2D eigenvalue weighted by molar-refractivity contribution is 0.0734. The third-order valence-electron chi connectivity index (χ3n) is 5.71. The molecule has 0 aliphatic carbocycles. The van der Waals surface area contributed by atoms with Gasteiger partial charge in [-0.15, -0.1) is 0 Å². The molecule has 0 radical (unpaired) electrons. The minimum absolute atomic E-state index is 0.397. The van der Waals surface area contributed by atoms with Gasteiger partial charge in [-0.2, -0.15) is 0 Å². The highest BCUT2D eigenvalue weighted by Crippen LogP contribution is 2.20. The van der Waals surface area contributed by atoms with Crippen molar-refractivity contribution < 1.29 is 19.0 Å². The van der Waals surface area contributed by atoms with Crippen LogP contribution in [0.5, 0.6) is 17.2 Å². The van der Waals surface area contributed by atoms with E-state index in [-0.39, 0.29) is 0 Å². The highest BCUT2D eigenvalue weighted by molar-refractivity contribution is 5.91. The van der Waals surface area contributed by atoms with E-state index in [1.165, 1.54) is 44.9 Å². The summed E-state index contributed by atoms with van der Waals surface area (Å²) < 4.78 is 16.9. The topological polar surface area (TPSA) is 44.8 Å². The summed E-state index contributed by atoms with van der Waals surface area (Å²) in [4.78, 5) is 12.4. The molecule has 0 aromatic heterocycles. The zero-order chi connectivity index (χ0) is 23.7. The molecule has 1 atom stereocenters. The smallest absolute Gasteiger partial charge is 0.343 e. The minimum atomic E-state index is -0.397. The van der Waals surface area contributed by atoms with Gasteiger partial charge in [0, 0.05) is 0 Å². The fourth-order valence-corrected chi connectivity index (χ4v) is 3.33. The molecule has 33 heavy (non-hydrogen) atoms. The molecule has 0 aliphatic rings. The number of hydrogen-bond donors (Lipinski definition) is 0. The van der Waals surface area contributed by atoms with Gasteiger partial charge in [-0.1, -0.05) is 52.9 Å². The van der Waals surface area contributed by atoms with E-state index in [0.29, 0.717) is 23.7 Å². The lowest BCUT2D eigenvalue weighted by Crippen LogP contribution is -2.08. The van der Waals surface area contributed by atoms with Crippen LogP contribution in [0.25, 0.3) is 0 Å². The number of esters is 1. The molecule has 0 N–H and O–H groups in total. The lowest BCUT2D eigenvalue weighted by Gasteiger charge is -2.10. The molecule has 2 aromatic carbocycles. The van der Waals surface area contributed by atoms with Crippen molar-refractivity contribution in [1.29, 1.82) is 0 Å². The van der Waals surface area contributed by atoms with Crippen molar-refractivity contribution >= 4 is 5.97 Å². The highest BCUT2D eigenvalue weighted by Gasteiger charge is 2.09. The van der Waals surface area contributed by atoms with Crippen molar-refractivity contribution in [2.75, 3.05) is 6.61 Å². The third kappa shape index (κ3) is 11.1. The van der Waals surface area contributed by atoms with Crippen molar-refractivity contribution in [3.05, 3.63) is 66.4 Å². The van der Waals surface area contributed by atoms with E-state index in [1.807, 2.05) is 18.2 Å². The number of benzene rings is 2. The van der Waals surface area contributed by atoms with Gasteiger partial charge in [-0.3, -0.25) is 0 Å². The van der Waals surface area contributed by atoms with Crippen LogP contribution in [0.4, 0.5) is 0 Å². The molecule has 4 heteroatoms. The second-order valence-corrected chi connectivity index (χ2v) is 8.58. The van der Waals surface area contributed by atoms with Gasteiger partial charge >= 0.3 is 5.97 Å². The molecule has 2 aromatic rings. The highest BCUT2D eigenvalue weighted by atomic mass is 16.5.